The van der Waals surface area contributed by atoms with Gasteiger partial charge in [0, 0.05) is 25.3 Å². The van der Waals surface area contributed by atoms with E-state index in [0.717, 1.165) is 26.2 Å². The van der Waals surface area contributed by atoms with Crippen LogP contribution in [0.2, 0.25) is 0 Å². The molecule has 14 heavy (non-hydrogen) atoms. The smallest absolute Gasteiger partial charge is 0.0480 e. The molecule has 0 aromatic rings. The molecule has 0 aliphatic carbocycles. The number of nitrogens with zero attached hydrogens (tertiary/aromatic N) is 1. The molecule has 0 saturated carbocycles. The third-order valence-corrected chi connectivity index (χ3v) is 3.31. The molecule has 3 heteroatoms. The first-order valence-corrected chi connectivity index (χ1v) is 5.79. The van der Waals surface area contributed by atoms with E-state index >= 15 is 0 Å². The van der Waals surface area contributed by atoms with Gasteiger partial charge in [-0.25, -0.2) is 0 Å². The van der Waals surface area contributed by atoms with E-state index in [2.05, 4.69) is 18.9 Å². The summed E-state index contributed by atoms with van der Waals surface area (Å²) in [7, 11) is 2.24. The maximum atomic E-state index is 5.62. The summed E-state index contributed by atoms with van der Waals surface area (Å²) in [6.07, 6.45) is 4.67. The molecule has 0 bridgehead atoms. The molecule has 1 heterocycles. The highest BCUT2D eigenvalue weighted by atomic mass is 16.5. The quantitative estimate of drug-likeness (QED) is 0.725. The van der Waals surface area contributed by atoms with E-state index < -0.39 is 0 Å². The fourth-order valence-corrected chi connectivity index (χ4v) is 2.28. The molecule has 2 N–H and O–H groups in total. The molecule has 1 fully saturated rings. The van der Waals surface area contributed by atoms with Gasteiger partial charge in [-0.1, -0.05) is 6.92 Å². The van der Waals surface area contributed by atoms with Crippen molar-refractivity contribution in [2.24, 2.45) is 5.73 Å². The van der Waals surface area contributed by atoms with Gasteiger partial charge in [-0.15, -0.1) is 0 Å². The summed E-state index contributed by atoms with van der Waals surface area (Å²) in [6.45, 7) is 4.89. The number of nitrogens with two attached hydrogens (primary N) is 1. The van der Waals surface area contributed by atoms with Gasteiger partial charge in [-0.3, -0.25) is 0 Å². The third-order valence-electron chi connectivity index (χ3n) is 3.31. The second-order valence-corrected chi connectivity index (χ2v) is 4.15. The Morgan fingerprint density at radius 1 is 1.43 bits per heavy atom. The standard InChI is InChI=1S/C11H24N2O/c1-3-10(4-7-12)13(2)11-5-8-14-9-6-11/h10-11H,3-9,12H2,1-2H3. The van der Waals surface area contributed by atoms with E-state index in [1.807, 2.05) is 0 Å². The molecule has 3 nitrogen and oxygen atoms in total. The molecule has 1 rings (SSSR count). The van der Waals surface area contributed by atoms with E-state index in [0.29, 0.717) is 12.1 Å². The fourth-order valence-electron chi connectivity index (χ4n) is 2.28. The van der Waals surface area contributed by atoms with Crippen molar-refractivity contribution in [3.63, 3.8) is 0 Å². The molecule has 1 unspecified atom stereocenters. The van der Waals surface area contributed by atoms with Crippen LogP contribution in [0.3, 0.4) is 0 Å². The summed E-state index contributed by atoms with van der Waals surface area (Å²) in [5, 5.41) is 0. The molecule has 1 aliphatic heterocycles. The highest BCUT2D eigenvalue weighted by Gasteiger charge is 2.23. The number of ether oxygens (including phenoxy) is 1. The minimum absolute atomic E-state index is 0.656. The molecular weight excluding hydrogens is 176 g/mol. The van der Waals surface area contributed by atoms with Crippen LogP contribution in [0, 0.1) is 0 Å². The van der Waals surface area contributed by atoms with Crippen molar-refractivity contribution in [2.75, 3.05) is 26.8 Å². The van der Waals surface area contributed by atoms with Crippen molar-refractivity contribution >= 4 is 0 Å². The lowest BCUT2D eigenvalue weighted by atomic mass is 10.0. The second kappa shape index (κ2) is 6.38. The minimum atomic E-state index is 0.656. The predicted molar refractivity (Wildman–Crippen MR) is 59.4 cm³/mol. The van der Waals surface area contributed by atoms with Crippen molar-refractivity contribution in [3.8, 4) is 0 Å². The number of rotatable bonds is 5. The summed E-state index contributed by atoms with van der Waals surface area (Å²) in [5.41, 5.74) is 5.62. The maximum absolute atomic E-state index is 5.62. The number of hydrogen-bond acceptors (Lipinski definition) is 3. The Kier molecular flexibility index (Phi) is 5.45. The number of hydrogen-bond donors (Lipinski definition) is 1. The first kappa shape index (κ1) is 12.0. The van der Waals surface area contributed by atoms with Crippen LogP contribution in [0.15, 0.2) is 0 Å². The average Bonchev–Trinajstić information content (AvgIpc) is 2.26. The molecule has 0 spiro atoms. The summed E-state index contributed by atoms with van der Waals surface area (Å²) >= 11 is 0. The van der Waals surface area contributed by atoms with Gasteiger partial charge in [0.15, 0.2) is 0 Å². The Morgan fingerprint density at radius 2 is 2.07 bits per heavy atom. The lowest BCUT2D eigenvalue weighted by Crippen LogP contribution is -2.43. The normalized spacial score (nSPS) is 21.4. The molecule has 1 saturated heterocycles. The molecule has 1 aliphatic rings. The maximum Gasteiger partial charge on any atom is 0.0480 e. The van der Waals surface area contributed by atoms with Gasteiger partial charge in [0.25, 0.3) is 0 Å². The van der Waals surface area contributed by atoms with Crippen LogP contribution >= 0.6 is 0 Å². The van der Waals surface area contributed by atoms with E-state index in [9.17, 15) is 0 Å². The van der Waals surface area contributed by atoms with Gasteiger partial charge in [0.1, 0.15) is 0 Å². The van der Waals surface area contributed by atoms with Crippen molar-refractivity contribution in [1.29, 1.82) is 0 Å². The first-order valence-electron chi connectivity index (χ1n) is 5.79. The van der Waals surface area contributed by atoms with Crippen molar-refractivity contribution in [2.45, 2.75) is 44.7 Å². The molecule has 0 radical (unpaired) electrons. The first-order chi connectivity index (χ1) is 6.79. The van der Waals surface area contributed by atoms with Gasteiger partial charge in [0.05, 0.1) is 0 Å². The Bertz CT molecular complexity index is 141. The zero-order valence-electron chi connectivity index (χ0n) is 9.54. The lowest BCUT2D eigenvalue weighted by Gasteiger charge is -2.36. The summed E-state index contributed by atoms with van der Waals surface area (Å²) in [4.78, 5) is 2.51. The molecular formula is C11H24N2O. The lowest BCUT2D eigenvalue weighted by molar-refractivity contribution is 0.0268. The van der Waals surface area contributed by atoms with Gasteiger partial charge < -0.3 is 15.4 Å². The third kappa shape index (κ3) is 3.23. The Hall–Kier alpha value is -0.120. The summed E-state index contributed by atoms with van der Waals surface area (Å²) < 4.78 is 5.37. The summed E-state index contributed by atoms with van der Waals surface area (Å²) in [5.74, 6) is 0. The average molecular weight is 200 g/mol. The van der Waals surface area contributed by atoms with Gasteiger partial charge >= 0.3 is 0 Å². The largest absolute Gasteiger partial charge is 0.381 e. The highest BCUT2D eigenvalue weighted by Crippen LogP contribution is 2.18. The van der Waals surface area contributed by atoms with Crippen LogP contribution in [-0.2, 0) is 4.74 Å². The van der Waals surface area contributed by atoms with E-state index in [4.69, 9.17) is 10.5 Å². The zero-order valence-corrected chi connectivity index (χ0v) is 9.54. The second-order valence-electron chi connectivity index (χ2n) is 4.15. The molecule has 84 valence electrons. The van der Waals surface area contributed by atoms with Crippen LogP contribution in [0.25, 0.3) is 0 Å². The Morgan fingerprint density at radius 3 is 2.57 bits per heavy atom. The van der Waals surface area contributed by atoms with Crippen LogP contribution in [0.4, 0.5) is 0 Å². The van der Waals surface area contributed by atoms with Crippen LogP contribution < -0.4 is 5.73 Å². The van der Waals surface area contributed by atoms with Crippen molar-refractivity contribution in [3.05, 3.63) is 0 Å². The SMILES string of the molecule is CCC(CCN)N(C)C1CCOCC1. The molecule has 0 aromatic heterocycles. The van der Waals surface area contributed by atoms with E-state index in [1.54, 1.807) is 0 Å². The summed E-state index contributed by atoms with van der Waals surface area (Å²) in [6, 6.07) is 1.36. The Balaban J connectivity index is 2.38. The van der Waals surface area contributed by atoms with Crippen LogP contribution in [0.5, 0.6) is 0 Å². The highest BCUT2D eigenvalue weighted by molar-refractivity contribution is 4.77. The molecule has 0 aromatic carbocycles. The van der Waals surface area contributed by atoms with Gasteiger partial charge in [-0.05, 0) is 39.3 Å². The molecule has 1 atom stereocenters. The van der Waals surface area contributed by atoms with E-state index in [-0.39, 0.29) is 0 Å². The van der Waals surface area contributed by atoms with E-state index in [1.165, 1.54) is 19.3 Å². The van der Waals surface area contributed by atoms with Crippen molar-refractivity contribution in [1.82, 2.24) is 4.90 Å². The minimum Gasteiger partial charge on any atom is -0.381 e. The van der Waals surface area contributed by atoms with Gasteiger partial charge in [-0.2, -0.15) is 0 Å². The topological polar surface area (TPSA) is 38.5 Å². The van der Waals surface area contributed by atoms with Gasteiger partial charge in [0.2, 0.25) is 0 Å². The Labute approximate surface area is 87.6 Å². The van der Waals surface area contributed by atoms with Crippen molar-refractivity contribution < 1.29 is 4.74 Å². The fraction of sp³-hybridized carbons (Fsp3) is 1.00. The monoisotopic (exact) mass is 200 g/mol. The zero-order chi connectivity index (χ0) is 10.4. The predicted octanol–water partition coefficient (Wildman–Crippen LogP) is 1.22. The molecule has 0 amide bonds. The van der Waals surface area contributed by atoms with Crippen LogP contribution in [0.1, 0.15) is 32.6 Å². The van der Waals surface area contributed by atoms with Crippen LogP contribution in [-0.4, -0.2) is 43.8 Å².